The van der Waals surface area contributed by atoms with E-state index in [1.54, 1.807) is 7.05 Å². The lowest BCUT2D eigenvalue weighted by Crippen LogP contribution is -2.50. The second kappa shape index (κ2) is 5.63. The highest BCUT2D eigenvalue weighted by atomic mass is 32.2. The number of ether oxygens (including phenoxy) is 1. The quantitative estimate of drug-likeness (QED) is 0.754. The van der Waals surface area contributed by atoms with Crippen LogP contribution >= 0.6 is 0 Å². The van der Waals surface area contributed by atoms with Gasteiger partial charge in [-0.15, -0.1) is 5.10 Å². The molecule has 0 aromatic carbocycles. The van der Waals surface area contributed by atoms with Crippen LogP contribution in [0.5, 0.6) is 0 Å². The SMILES string of the molecule is Cn1ncc(N(C2CCOCC2)S(=O)(=O)NC(=O)O)n1. The summed E-state index contributed by atoms with van der Waals surface area (Å²) in [5.74, 6) is 0.0770. The van der Waals surface area contributed by atoms with Crippen LogP contribution in [0.15, 0.2) is 6.20 Å². The molecule has 0 bridgehead atoms. The first kappa shape index (κ1) is 14.5. The maximum atomic E-state index is 12.2. The number of aromatic nitrogens is 3. The molecule has 20 heavy (non-hydrogen) atoms. The molecule has 2 rings (SSSR count). The zero-order valence-corrected chi connectivity index (χ0v) is 11.6. The van der Waals surface area contributed by atoms with E-state index in [9.17, 15) is 13.2 Å². The van der Waals surface area contributed by atoms with Crippen molar-refractivity contribution >= 4 is 22.1 Å². The Labute approximate surface area is 115 Å². The summed E-state index contributed by atoms with van der Waals surface area (Å²) in [5, 5.41) is 16.4. The first-order chi connectivity index (χ1) is 9.40. The minimum Gasteiger partial charge on any atom is -0.464 e. The number of hydrogen-bond acceptors (Lipinski definition) is 6. The van der Waals surface area contributed by atoms with Crippen molar-refractivity contribution in [1.29, 1.82) is 0 Å². The predicted molar refractivity (Wildman–Crippen MR) is 67.4 cm³/mol. The number of carboxylic acid groups (broad SMARTS) is 1. The summed E-state index contributed by atoms with van der Waals surface area (Å²) in [7, 11) is -2.70. The van der Waals surface area contributed by atoms with Crippen molar-refractivity contribution < 1.29 is 23.1 Å². The molecule has 2 N–H and O–H groups in total. The third kappa shape index (κ3) is 3.17. The molecule has 2 heterocycles. The summed E-state index contributed by atoms with van der Waals surface area (Å²) in [4.78, 5) is 11.9. The Morgan fingerprint density at radius 1 is 1.55 bits per heavy atom. The molecule has 0 aliphatic carbocycles. The minimum absolute atomic E-state index is 0.0770. The topological polar surface area (TPSA) is 127 Å². The molecule has 1 aliphatic heterocycles. The lowest BCUT2D eigenvalue weighted by atomic mass is 10.1. The zero-order chi connectivity index (χ0) is 14.8. The smallest absolute Gasteiger partial charge is 0.419 e. The molecular formula is C9H15N5O5S. The summed E-state index contributed by atoms with van der Waals surface area (Å²) in [6, 6.07) is -0.419. The monoisotopic (exact) mass is 305 g/mol. The van der Waals surface area contributed by atoms with Gasteiger partial charge in [0.05, 0.1) is 12.2 Å². The number of amides is 1. The molecule has 1 amide bonds. The Kier molecular flexibility index (Phi) is 4.09. The van der Waals surface area contributed by atoms with E-state index in [1.165, 1.54) is 15.7 Å². The summed E-state index contributed by atoms with van der Waals surface area (Å²) >= 11 is 0. The maximum absolute atomic E-state index is 12.2. The van der Waals surface area contributed by atoms with Crippen LogP contribution in [0.2, 0.25) is 0 Å². The molecule has 0 spiro atoms. The Morgan fingerprint density at radius 2 is 2.20 bits per heavy atom. The molecule has 0 atom stereocenters. The first-order valence-corrected chi connectivity index (χ1v) is 7.33. The molecule has 11 heteroatoms. The highest BCUT2D eigenvalue weighted by molar-refractivity contribution is 7.91. The number of nitrogens with zero attached hydrogens (tertiary/aromatic N) is 4. The normalized spacial score (nSPS) is 16.9. The number of hydrogen-bond donors (Lipinski definition) is 2. The Hall–Kier alpha value is -1.88. The molecule has 1 saturated heterocycles. The van der Waals surface area contributed by atoms with Crippen molar-refractivity contribution in [1.82, 2.24) is 19.7 Å². The Morgan fingerprint density at radius 3 is 2.70 bits per heavy atom. The predicted octanol–water partition coefficient (Wildman–Crippen LogP) is -0.687. The third-order valence-corrected chi connectivity index (χ3v) is 4.25. The fourth-order valence-corrected chi connectivity index (χ4v) is 3.27. The van der Waals surface area contributed by atoms with Crippen LogP contribution in [0, 0.1) is 0 Å². The van der Waals surface area contributed by atoms with Gasteiger partial charge in [-0.25, -0.2) is 13.8 Å². The number of carbonyl (C=O) groups is 1. The Bertz CT molecular complexity index is 579. The number of rotatable bonds is 4. The number of anilines is 1. The highest BCUT2D eigenvalue weighted by Crippen LogP contribution is 2.23. The lowest BCUT2D eigenvalue weighted by molar-refractivity contribution is 0.0874. The van der Waals surface area contributed by atoms with Crippen LogP contribution in [0.25, 0.3) is 0 Å². The van der Waals surface area contributed by atoms with Gasteiger partial charge in [0.1, 0.15) is 0 Å². The number of aryl methyl sites for hydroxylation is 1. The van der Waals surface area contributed by atoms with Crippen LogP contribution in [0.4, 0.5) is 10.6 Å². The molecule has 10 nitrogen and oxygen atoms in total. The van der Waals surface area contributed by atoms with Crippen molar-refractivity contribution in [3.63, 3.8) is 0 Å². The van der Waals surface area contributed by atoms with Crippen LogP contribution in [0.3, 0.4) is 0 Å². The van der Waals surface area contributed by atoms with Gasteiger partial charge in [0.15, 0.2) is 5.82 Å². The van der Waals surface area contributed by atoms with Crippen molar-refractivity contribution in [3.05, 3.63) is 6.20 Å². The van der Waals surface area contributed by atoms with E-state index in [0.717, 1.165) is 4.31 Å². The first-order valence-electron chi connectivity index (χ1n) is 5.89. The van der Waals surface area contributed by atoms with Gasteiger partial charge in [-0.3, -0.25) is 0 Å². The zero-order valence-electron chi connectivity index (χ0n) is 10.8. The lowest BCUT2D eigenvalue weighted by Gasteiger charge is -2.32. The molecule has 1 aromatic heterocycles. The molecule has 1 aliphatic rings. The van der Waals surface area contributed by atoms with E-state index in [-0.39, 0.29) is 5.82 Å². The fourth-order valence-electron chi connectivity index (χ4n) is 2.02. The maximum Gasteiger partial charge on any atom is 0.419 e. The van der Waals surface area contributed by atoms with Crippen LogP contribution in [0.1, 0.15) is 12.8 Å². The van der Waals surface area contributed by atoms with Gasteiger partial charge in [-0.2, -0.15) is 18.3 Å². The van der Waals surface area contributed by atoms with Crippen molar-refractivity contribution in [2.45, 2.75) is 18.9 Å². The average Bonchev–Trinajstić information content (AvgIpc) is 2.75. The molecule has 0 radical (unpaired) electrons. The van der Waals surface area contributed by atoms with E-state index in [1.807, 2.05) is 0 Å². The molecule has 1 aromatic rings. The fraction of sp³-hybridized carbons (Fsp3) is 0.667. The standard InChI is InChI=1S/C9H15N5O5S/c1-13-10-6-8(11-13)14(7-2-4-19-5-3-7)20(17,18)12-9(15)16/h6-7,12H,2-5H2,1H3,(H,15,16). The van der Waals surface area contributed by atoms with Gasteiger partial charge >= 0.3 is 16.3 Å². The average molecular weight is 305 g/mol. The van der Waals surface area contributed by atoms with E-state index < -0.39 is 22.3 Å². The molecule has 0 saturated carbocycles. The van der Waals surface area contributed by atoms with Gasteiger partial charge in [0, 0.05) is 20.3 Å². The summed E-state index contributed by atoms with van der Waals surface area (Å²) in [6.45, 7) is 0.814. The summed E-state index contributed by atoms with van der Waals surface area (Å²) in [6.07, 6.45) is 0.538. The molecule has 0 unspecified atom stereocenters. The van der Waals surface area contributed by atoms with E-state index in [2.05, 4.69) is 10.2 Å². The summed E-state index contributed by atoms with van der Waals surface area (Å²) in [5.41, 5.74) is 0. The second-order valence-corrected chi connectivity index (χ2v) is 5.79. The van der Waals surface area contributed by atoms with Crippen molar-refractivity contribution in [3.8, 4) is 0 Å². The molecule has 1 fully saturated rings. The minimum atomic E-state index is -4.25. The Balaban J connectivity index is 2.35. The third-order valence-electron chi connectivity index (χ3n) is 2.81. The highest BCUT2D eigenvalue weighted by Gasteiger charge is 2.34. The molecule has 112 valence electrons. The van der Waals surface area contributed by atoms with Crippen LogP contribution in [-0.2, 0) is 22.0 Å². The van der Waals surface area contributed by atoms with E-state index in [4.69, 9.17) is 9.84 Å². The van der Waals surface area contributed by atoms with Crippen molar-refractivity contribution in [2.24, 2.45) is 7.05 Å². The largest absolute Gasteiger partial charge is 0.464 e. The molecular weight excluding hydrogens is 290 g/mol. The van der Waals surface area contributed by atoms with Gasteiger partial charge in [-0.1, -0.05) is 0 Å². The van der Waals surface area contributed by atoms with Gasteiger partial charge < -0.3 is 9.84 Å². The van der Waals surface area contributed by atoms with Gasteiger partial charge in [-0.05, 0) is 12.8 Å². The van der Waals surface area contributed by atoms with Crippen molar-refractivity contribution in [2.75, 3.05) is 17.5 Å². The van der Waals surface area contributed by atoms with E-state index in [0.29, 0.717) is 26.1 Å². The second-order valence-electron chi connectivity index (χ2n) is 4.24. The summed E-state index contributed by atoms with van der Waals surface area (Å²) < 4.78 is 32.0. The van der Waals surface area contributed by atoms with Crippen LogP contribution < -0.4 is 9.03 Å². The van der Waals surface area contributed by atoms with Crippen LogP contribution in [-0.4, -0.2) is 53.9 Å². The number of nitrogens with one attached hydrogen (secondary N) is 1. The van der Waals surface area contributed by atoms with Gasteiger partial charge in [0.2, 0.25) is 0 Å². The van der Waals surface area contributed by atoms with E-state index >= 15 is 0 Å². The van der Waals surface area contributed by atoms with Gasteiger partial charge in [0.25, 0.3) is 0 Å².